The van der Waals surface area contributed by atoms with Crippen molar-refractivity contribution >= 4 is 69.4 Å². The molecule has 19 nitrogen and oxygen atoms in total. The van der Waals surface area contributed by atoms with E-state index in [1.807, 2.05) is 37.3 Å². The number of piperazine rings is 1. The molecule has 6 heterocycles. The molecule has 5 aromatic heterocycles. The first-order valence-electron chi connectivity index (χ1n) is 22.6. The zero-order valence-corrected chi connectivity index (χ0v) is 37.9. The van der Waals surface area contributed by atoms with Gasteiger partial charge in [-0.1, -0.05) is 12.8 Å². The van der Waals surface area contributed by atoms with Crippen LogP contribution in [0, 0.1) is 12.8 Å². The third kappa shape index (κ3) is 10.5. The van der Waals surface area contributed by atoms with Gasteiger partial charge in [0.05, 0.1) is 29.6 Å². The Balaban J connectivity index is 0.776. The van der Waals surface area contributed by atoms with Crippen LogP contribution in [0.5, 0.6) is 0 Å². The maximum atomic E-state index is 13.6. The van der Waals surface area contributed by atoms with Crippen LogP contribution in [0.15, 0.2) is 53.6 Å². The number of Topliss-reactive ketones (excluding diaryl/α,β-unsaturated/α-hetero) is 1. The van der Waals surface area contributed by atoms with Gasteiger partial charge in [0.1, 0.15) is 23.1 Å². The van der Waals surface area contributed by atoms with Gasteiger partial charge in [-0.3, -0.25) is 28.6 Å². The summed E-state index contributed by atoms with van der Waals surface area (Å²) in [7, 11) is 5.55. The summed E-state index contributed by atoms with van der Waals surface area (Å²) in [6, 6.07) is 11.1. The Bertz CT molecular complexity index is 2570. The van der Waals surface area contributed by atoms with Crippen LogP contribution in [-0.4, -0.2) is 124 Å². The number of nitrogens with zero attached hydrogens (tertiary/aromatic N) is 10. The lowest BCUT2D eigenvalue weighted by atomic mass is 10.0. The zero-order valence-electron chi connectivity index (χ0n) is 37.9. The van der Waals surface area contributed by atoms with Gasteiger partial charge >= 0.3 is 0 Å². The lowest BCUT2D eigenvalue weighted by Gasteiger charge is -2.35. The van der Waals surface area contributed by atoms with Crippen molar-refractivity contribution in [2.75, 3.05) is 91.5 Å². The molecule has 3 aliphatic rings. The number of hydrogen-bond acceptors (Lipinski definition) is 16. The second-order valence-corrected chi connectivity index (χ2v) is 17.5. The molecule has 2 saturated carbocycles. The minimum absolute atomic E-state index is 0.000320. The van der Waals surface area contributed by atoms with Crippen molar-refractivity contribution in [3.63, 3.8) is 0 Å². The molecule has 0 spiro atoms. The number of amides is 2. The summed E-state index contributed by atoms with van der Waals surface area (Å²) < 4.78 is 1.71. The van der Waals surface area contributed by atoms with Crippen LogP contribution in [-0.2, 0) is 4.79 Å². The molecule has 8 rings (SSSR count). The summed E-state index contributed by atoms with van der Waals surface area (Å²) in [4.78, 5) is 77.3. The van der Waals surface area contributed by atoms with E-state index in [0.717, 1.165) is 83.2 Å². The Morgan fingerprint density at radius 1 is 0.862 bits per heavy atom. The zero-order chi connectivity index (χ0) is 45.6. The van der Waals surface area contributed by atoms with E-state index in [1.165, 1.54) is 6.92 Å². The summed E-state index contributed by atoms with van der Waals surface area (Å²) in [6.45, 7) is 7.21. The Morgan fingerprint density at radius 3 is 2.32 bits per heavy atom. The van der Waals surface area contributed by atoms with E-state index in [-0.39, 0.29) is 40.8 Å². The average molecular weight is 886 g/mol. The molecular formula is C46H59N15O4. The smallest absolute Gasteiger partial charge is 0.263 e. The molecule has 2 atom stereocenters. The fraction of sp³-hybridized carbons (Fsp3) is 0.478. The van der Waals surface area contributed by atoms with Crippen LogP contribution in [0.25, 0.3) is 11.0 Å². The predicted octanol–water partition coefficient (Wildman–Crippen LogP) is 5.01. The standard InChI is InChI=1S/C46H59N15O4/c1-28-35-26-50-46(55-43(35)61(32-8-6-7-9-32)45(65)41(28)29(2)62)54-37-14-12-33(25-49-37)60-22-20-59(21-23-60)27-40(63)48-19-18-30-10-11-31(24-30)51-42-34(13-15-36(47-3)52-42)44(64)53-38-16-17-39(57-56-38)58(4)5/h12-17,25-26,30-32H,6-11,18-24,27H2,1-5H3,(H,48,63)(H2,47,51,52)(H,53,56,64)(H,49,50,54,55). The van der Waals surface area contributed by atoms with E-state index < -0.39 is 0 Å². The molecule has 1 aliphatic heterocycles. The van der Waals surface area contributed by atoms with Crippen LogP contribution in [0.1, 0.15) is 90.6 Å². The highest BCUT2D eigenvalue weighted by molar-refractivity contribution is 6.07. The van der Waals surface area contributed by atoms with Crippen molar-refractivity contribution < 1.29 is 14.4 Å². The number of fused-ring (bicyclic) bond motifs is 1. The van der Waals surface area contributed by atoms with Gasteiger partial charge in [-0.2, -0.15) is 4.98 Å². The Morgan fingerprint density at radius 2 is 1.63 bits per heavy atom. The Kier molecular flexibility index (Phi) is 13.8. The molecule has 0 radical (unpaired) electrons. The maximum absolute atomic E-state index is 13.6. The van der Waals surface area contributed by atoms with Gasteiger partial charge in [-0.25, -0.2) is 15.0 Å². The van der Waals surface area contributed by atoms with Crippen LogP contribution in [0.3, 0.4) is 0 Å². The number of ketones is 1. The number of aryl methyl sites for hydroxylation is 1. The van der Waals surface area contributed by atoms with Crippen molar-refractivity contribution in [3.8, 4) is 0 Å². The topological polar surface area (TPSA) is 220 Å². The SMILES string of the molecule is CNc1ccc(C(=O)Nc2ccc(N(C)C)nn2)c(NC2CCC(CCNC(=O)CN3CCN(c4ccc(Nc5ncc6c(C)c(C(C)=O)c(=O)n(C7CCCC7)c6n5)nc4)CC3)C2)n1. The summed E-state index contributed by atoms with van der Waals surface area (Å²) in [6.07, 6.45) is 11.1. The van der Waals surface area contributed by atoms with E-state index in [4.69, 9.17) is 4.98 Å². The van der Waals surface area contributed by atoms with Gasteiger partial charge in [-0.15, -0.1) is 10.2 Å². The Labute approximate surface area is 378 Å². The molecule has 0 bridgehead atoms. The molecule has 2 amide bonds. The number of pyridine rings is 3. The number of hydrogen-bond donors (Lipinski definition) is 5. The quantitative estimate of drug-likeness (QED) is 0.0823. The number of rotatable bonds is 16. The number of anilines is 7. The second kappa shape index (κ2) is 20.0. The highest BCUT2D eigenvalue weighted by atomic mass is 16.2. The molecule has 3 fully saturated rings. The van der Waals surface area contributed by atoms with E-state index in [0.29, 0.717) is 76.2 Å². The fourth-order valence-electron chi connectivity index (χ4n) is 9.28. The van der Waals surface area contributed by atoms with Crippen molar-refractivity contribution in [2.24, 2.45) is 5.92 Å². The molecule has 0 aromatic carbocycles. The normalized spacial score (nSPS) is 17.8. The van der Waals surface area contributed by atoms with E-state index >= 15 is 0 Å². The molecule has 1 saturated heterocycles. The summed E-state index contributed by atoms with van der Waals surface area (Å²) in [5.74, 6) is 3.01. The predicted molar refractivity (Wildman–Crippen MR) is 253 cm³/mol. The summed E-state index contributed by atoms with van der Waals surface area (Å²) in [5, 5.41) is 24.7. The van der Waals surface area contributed by atoms with Crippen LogP contribution in [0.4, 0.5) is 40.7 Å². The molecule has 2 aliphatic carbocycles. The van der Waals surface area contributed by atoms with Gasteiger partial charge < -0.3 is 36.4 Å². The molecule has 2 unspecified atom stereocenters. The van der Waals surface area contributed by atoms with Gasteiger partial charge in [-0.05, 0) is 100 Å². The lowest BCUT2D eigenvalue weighted by molar-refractivity contribution is -0.122. The largest absolute Gasteiger partial charge is 0.373 e. The van der Waals surface area contributed by atoms with E-state index in [9.17, 15) is 19.2 Å². The molecule has 5 aromatic rings. The van der Waals surface area contributed by atoms with Crippen LogP contribution in [0.2, 0.25) is 0 Å². The van der Waals surface area contributed by atoms with Gasteiger partial charge in [0, 0.05) is 77.5 Å². The van der Waals surface area contributed by atoms with Crippen molar-refractivity contribution in [1.82, 2.24) is 44.9 Å². The number of aromatic nitrogens is 7. The van der Waals surface area contributed by atoms with Crippen LogP contribution < -0.4 is 41.9 Å². The van der Waals surface area contributed by atoms with Gasteiger partial charge in [0.2, 0.25) is 11.9 Å². The first-order valence-corrected chi connectivity index (χ1v) is 22.6. The minimum Gasteiger partial charge on any atom is -0.373 e. The van der Waals surface area contributed by atoms with Crippen molar-refractivity contribution in [3.05, 3.63) is 75.8 Å². The summed E-state index contributed by atoms with van der Waals surface area (Å²) in [5.41, 5.74) is 2.47. The number of carbonyl (C=O) groups excluding carboxylic acids is 3. The first kappa shape index (κ1) is 44.8. The lowest BCUT2D eigenvalue weighted by Crippen LogP contribution is -2.49. The number of nitrogens with one attached hydrogen (secondary N) is 5. The van der Waals surface area contributed by atoms with E-state index in [1.54, 1.807) is 49.0 Å². The van der Waals surface area contributed by atoms with Gasteiger partial charge in [0.15, 0.2) is 17.4 Å². The van der Waals surface area contributed by atoms with Crippen molar-refractivity contribution in [2.45, 2.75) is 77.3 Å². The monoisotopic (exact) mass is 885 g/mol. The molecular weight excluding hydrogens is 827 g/mol. The minimum atomic E-state index is -0.321. The third-order valence-corrected chi connectivity index (χ3v) is 12.8. The van der Waals surface area contributed by atoms with E-state index in [2.05, 4.69) is 61.5 Å². The first-order chi connectivity index (χ1) is 31.4. The highest BCUT2D eigenvalue weighted by Gasteiger charge is 2.28. The molecule has 5 N–H and O–H groups in total. The third-order valence-electron chi connectivity index (χ3n) is 12.8. The number of carbonyl (C=O) groups is 3. The molecule has 65 heavy (non-hydrogen) atoms. The highest BCUT2D eigenvalue weighted by Crippen LogP contribution is 2.33. The average Bonchev–Trinajstić information content (AvgIpc) is 4.00. The molecule has 19 heteroatoms. The molecule has 342 valence electrons. The second-order valence-electron chi connectivity index (χ2n) is 17.5. The fourth-order valence-corrected chi connectivity index (χ4v) is 9.28. The Hall–Kier alpha value is -6.76. The van der Waals surface area contributed by atoms with Crippen LogP contribution >= 0.6 is 0 Å². The maximum Gasteiger partial charge on any atom is 0.263 e. The van der Waals surface area contributed by atoms with Gasteiger partial charge in [0.25, 0.3) is 11.5 Å². The van der Waals surface area contributed by atoms with Crippen molar-refractivity contribution in [1.29, 1.82) is 0 Å². The summed E-state index contributed by atoms with van der Waals surface area (Å²) >= 11 is 0.